The van der Waals surface area contributed by atoms with Crippen LogP contribution in [0.5, 0.6) is 11.5 Å². The third kappa shape index (κ3) is 5.69. The van der Waals surface area contributed by atoms with E-state index in [0.29, 0.717) is 25.4 Å². The van der Waals surface area contributed by atoms with Gasteiger partial charge in [-0.05, 0) is 67.5 Å². The molecule has 2 aliphatic rings. The van der Waals surface area contributed by atoms with Gasteiger partial charge in [0.05, 0.1) is 0 Å². The summed E-state index contributed by atoms with van der Waals surface area (Å²) in [4.78, 5) is 26.8. The molecule has 0 aromatic heterocycles. The molecule has 1 saturated heterocycles. The summed E-state index contributed by atoms with van der Waals surface area (Å²) in [5.74, 6) is 1.83. The number of nitrogens with zero attached hydrogens (tertiary/aromatic N) is 1. The van der Waals surface area contributed by atoms with Crippen LogP contribution in [0.1, 0.15) is 36.8 Å². The number of urea groups is 1. The molecule has 2 aromatic carbocycles. The second-order valence-corrected chi connectivity index (χ2v) is 8.26. The standard InChI is InChI=1S/C24H29N3O4/c1-17-4-2-6-20(12-17)26-24(29)27-11-3-5-18(15-27)8-10-23(28)25-14-19-7-9-21-22(13-19)31-16-30-21/h2,4,6-7,9,12-13,18H,3,5,8,10-11,14-16H2,1H3,(H,25,28)(H,26,29)/t18-/m0/s1. The SMILES string of the molecule is Cc1cccc(NC(=O)N2CCC[C@@H](CCC(=O)NCc3ccc4c(c3)OCO4)C2)c1. The Morgan fingerprint density at radius 1 is 1.13 bits per heavy atom. The highest BCUT2D eigenvalue weighted by Crippen LogP contribution is 2.32. The number of carbonyl (C=O) groups excluding carboxylic acids is 2. The van der Waals surface area contributed by atoms with Gasteiger partial charge in [0.1, 0.15) is 0 Å². The van der Waals surface area contributed by atoms with E-state index < -0.39 is 0 Å². The third-order valence-corrected chi connectivity index (χ3v) is 5.78. The van der Waals surface area contributed by atoms with Crippen molar-refractivity contribution in [1.82, 2.24) is 10.2 Å². The smallest absolute Gasteiger partial charge is 0.321 e. The lowest BCUT2D eigenvalue weighted by molar-refractivity contribution is -0.121. The number of rotatable bonds is 6. The van der Waals surface area contributed by atoms with Crippen molar-refractivity contribution in [1.29, 1.82) is 0 Å². The molecule has 3 amide bonds. The normalized spacial score (nSPS) is 17.3. The van der Waals surface area contributed by atoms with Gasteiger partial charge in [0.15, 0.2) is 11.5 Å². The number of carbonyl (C=O) groups is 2. The summed E-state index contributed by atoms with van der Waals surface area (Å²) >= 11 is 0. The Morgan fingerprint density at radius 3 is 2.87 bits per heavy atom. The molecule has 1 atom stereocenters. The highest BCUT2D eigenvalue weighted by molar-refractivity contribution is 5.89. The van der Waals surface area contributed by atoms with Crippen molar-refractivity contribution in [2.24, 2.45) is 5.92 Å². The fourth-order valence-electron chi connectivity index (χ4n) is 4.09. The van der Waals surface area contributed by atoms with Crippen LogP contribution in [-0.4, -0.2) is 36.7 Å². The maximum atomic E-state index is 12.6. The van der Waals surface area contributed by atoms with Crippen molar-refractivity contribution in [2.75, 3.05) is 25.2 Å². The molecule has 0 radical (unpaired) electrons. The molecule has 2 aliphatic heterocycles. The minimum Gasteiger partial charge on any atom is -0.454 e. The van der Waals surface area contributed by atoms with Crippen molar-refractivity contribution in [2.45, 2.75) is 39.2 Å². The quantitative estimate of drug-likeness (QED) is 0.734. The van der Waals surface area contributed by atoms with Gasteiger partial charge < -0.3 is 25.0 Å². The highest BCUT2D eigenvalue weighted by Gasteiger charge is 2.24. The summed E-state index contributed by atoms with van der Waals surface area (Å²) < 4.78 is 10.7. The Balaban J connectivity index is 1.20. The van der Waals surface area contributed by atoms with Gasteiger partial charge in [-0.25, -0.2) is 4.79 Å². The molecule has 7 nitrogen and oxygen atoms in total. The number of amides is 3. The largest absolute Gasteiger partial charge is 0.454 e. The molecule has 2 heterocycles. The Hall–Kier alpha value is -3.22. The van der Waals surface area contributed by atoms with Crippen LogP contribution in [0.2, 0.25) is 0 Å². The van der Waals surface area contributed by atoms with Crippen LogP contribution in [0.4, 0.5) is 10.5 Å². The topological polar surface area (TPSA) is 79.9 Å². The number of hydrogen-bond donors (Lipinski definition) is 2. The number of nitrogens with one attached hydrogen (secondary N) is 2. The van der Waals surface area contributed by atoms with Crippen molar-refractivity contribution >= 4 is 17.6 Å². The first-order chi connectivity index (χ1) is 15.1. The van der Waals surface area contributed by atoms with E-state index >= 15 is 0 Å². The lowest BCUT2D eigenvalue weighted by Gasteiger charge is -2.32. The fourth-order valence-corrected chi connectivity index (χ4v) is 4.09. The van der Waals surface area contributed by atoms with E-state index in [1.165, 1.54) is 0 Å². The monoisotopic (exact) mass is 423 g/mol. The number of ether oxygens (including phenoxy) is 2. The molecule has 0 spiro atoms. The van der Waals surface area contributed by atoms with Crippen LogP contribution in [0.25, 0.3) is 0 Å². The Bertz CT molecular complexity index is 946. The van der Waals surface area contributed by atoms with Crippen LogP contribution in [-0.2, 0) is 11.3 Å². The van der Waals surface area contributed by atoms with Crippen LogP contribution in [0.3, 0.4) is 0 Å². The molecule has 164 valence electrons. The second kappa shape index (κ2) is 9.73. The lowest BCUT2D eigenvalue weighted by Crippen LogP contribution is -2.42. The number of fused-ring (bicyclic) bond motifs is 1. The number of likely N-dealkylation sites (tertiary alicyclic amines) is 1. The summed E-state index contributed by atoms with van der Waals surface area (Å²) in [6.45, 7) is 4.15. The van der Waals surface area contributed by atoms with Crippen LogP contribution in [0, 0.1) is 12.8 Å². The number of hydrogen-bond acceptors (Lipinski definition) is 4. The second-order valence-electron chi connectivity index (χ2n) is 8.26. The zero-order chi connectivity index (χ0) is 21.6. The Morgan fingerprint density at radius 2 is 2.00 bits per heavy atom. The average molecular weight is 424 g/mol. The van der Waals surface area contributed by atoms with E-state index in [0.717, 1.165) is 54.1 Å². The summed E-state index contributed by atoms with van der Waals surface area (Å²) in [7, 11) is 0. The van der Waals surface area contributed by atoms with E-state index in [1.54, 1.807) is 0 Å². The molecule has 4 rings (SSSR count). The Labute approximate surface area is 182 Å². The third-order valence-electron chi connectivity index (χ3n) is 5.78. The van der Waals surface area contributed by atoms with Crippen molar-refractivity contribution in [3.63, 3.8) is 0 Å². The number of piperidine rings is 1. The molecule has 0 aliphatic carbocycles. The maximum Gasteiger partial charge on any atom is 0.321 e. The predicted molar refractivity (Wildman–Crippen MR) is 118 cm³/mol. The molecule has 2 N–H and O–H groups in total. The predicted octanol–water partition coefficient (Wildman–Crippen LogP) is 4.06. The molecule has 0 bridgehead atoms. The first kappa shape index (κ1) is 21.0. The van der Waals surface area contributed by atoms with Gasteiger partial charge in [0.2, 0.25) is 12.7 Å². The van der Waals surface area contributed by atoms with Crippen LogP contribution >= 0.6 is 0 Å². The zero-order valence-electron chi connectivity index (χ0n) is 17.9. The van der Waals surface area contributed by atoms with Gasteiger partial charge in [-0.2, -0.15) is 0 Å². The molecule has 2 aromatic rings. The fraction of sp³-hybridized carbons (Fsp3) is 0.417. The summed E-state index contributed by atoms with van der Waals surface area (Å²) in [6.07, 6.45) is 3.25. The van der Waals surface area contributed by atoms with Crippen molar-refractivity contribution < 1.29 is 19.1 Å². The van der Waals surface area contributed by atoms with Gasteiger partial charge in [0.25, 0.3) is 0 Å². The van der Waals surface area contributed by atoms with Gasteiger partial charge in [-0.3, -0.25) is 4.79 Å². The summed E-state index contributed by atoms with van der Waals surface area (Å²) in [6, 6.07) is 13.4. The van der Waals surface area contributed by atoms with E-state index in [9.17, 15) is 9.59 Å². The first-order valence-corrected chi connectivity index (χ1v) is 10.8. The summed E-state index contributed by atoms with van der Waals surface area (Å²) in [5.41, 5.74) is 2.91. The van der Waals surface area contributed by atoms with Crippen molar-refractivity contribution in [3.8, 4) is 11.5 Å². The molecule has 31 heavy (non-hydrogen) atoms. The van der Waals surface area contributed by atoms with Crippen LogP contribution in [0.15, 0.2) is 42.5 Å². The minimum absolute atomic E-state index is 0.0269. The minimum atomic E-state index is -0.0671. The first-order valence-electron chi connectivity index (χ1n) is 10.8. The molecular weight excluding hydrogens is 394 g/mol. The van der Waals surface area contributed by atoms with Crippen molar-refractivity contribution in [3.05, 3.63) is 53.6 Å². The van der Waals surface area contributed by atoms with Gasteiger partial charge >= 0.3 is 6.03 Å². The molecule has 0 unspecified atom stereocenters. The molecule has 1 fully saturated rings. The van der Waals surface area contributed by atoms with Gasteiger partial charge in [-0.15, -0.1) is 0 Å². The Kier molecular flexibility index (Phi) is 6.60. The summed E-state index contributed by atoms with van der Waals surface area (Å²) in [5, 5.41) is 5.96. The van der Waals surface area contributed by atoms with E-state index in [4.69, 9.17) is 9.47 Å². The number of aryl methyl sites for hydroxylation is 1. The van der Waals surface area contributed by atoms with E-state index in [-0.39, 0.29) is 18.7 Å². The average Bonchev–Trinajstić information content (AvgIpc) is 3.24. The van der Waals surface area contributed by atoms with Crippen LogP contribution < -0.4 is 20.1 Å². The molecule has 7 heteroatoms. The van der Waals surface area contributed by atoms with Gasteiger partial charge in [0, 0.05) is 31.7 Å². The lowest BCUT2D eigenvalue weighted by atomic mass is 9.93. The highest BCUT2D eigenvalue weighted by atomic mass is 16.7. The zero-order valence-corrected chi connectivity index (χ0v) is 17.9. The van der Waals surface area contributed by atoms with E-state index in [1.807, 2.05) is 54.3 Å². The number of anilines is 1. The maximum absolute atomic E-state index is 12.6. The van der Waals surface area contributed by atoms with Gasteiger partial charge in [-0.1, -0.05) is 18.2 Å². The molecule has 0 saturated carbocycles. The number of benzene rings is 2. The van der Waals surface area contributed by atoms with E-state index in [2.05, 4.69) is 10.6 Å². The molecular formula is C24H29N3O4.